The highest BCUT2D eigenvalue weighted by Gasteiger charge is 2.12. The predicted octanol–water partition coefficient (Wildman–Crippen LogP) is 4.60. The SMILES string of the molecule is CCOc1ccc(C(=O)OCc2ccc(Br)cc2)cc1OCC. The van der Waals surface area contributed by atoms with Crippen LogP contribution in [0.1, 0.15) is 29.8 Å². The van der Waals surface area contributed by atoms with Crippen LogP contribution in [0.25, 0.3) is 0 Å². The van der Waals surface area contributed by atoms with Gasteiger partial charge in [-0.3, -0.25) is 0 Å². The standard InChI is InChI=1S/C18H19BrO4/c1-3-21-16-10-7-14(11-17(16)22-4-2)18(20)23-12-13-5-8-15(19)9-6-13/h5-11H,3-4,12H2,1-2H3. The molecule has 23 heavy (non-hydrogen) atoms. The summed E-state index contributed by atoms with van der Waals surface area (Å²) in [7, 11) is 0. The first-order valence-corrected chi connectivity index (χ1v) is 8.24. The van der Waals surface area contributed by atoms with Gasteiger partial charge in [-0.15, -0.1) is 0 Å². The Balaban J connectivity index is 2.06. The Morgan fingerprint density at radius 3 is 2.26 bits per heavy atom. The fourth-order valence-corrected chi connectivity index (χ4v) is 2.26. The van der Waals surface area contributed by atoms with Gasteiger partial charge in [0, 0.05) is 4.47 Å². The molecular formula is C18H19BrO4. The van der Waals surface area contributed by atoms with Gasteiger partial charge in [0.25, 0.3) is 0 Å². The Labute approximate surface area is 144 Å². The highest BCUT2D eigenvalue weighted by atomic mass is 79.9. The molecule has 0 N–H and O–H groups in total. The molecule has 0 saturated carbocycles. The highest BCUT2D eigenvalue weighted by molar-refractivity contribution is 9.10. The zero-order valence-corrected chi connectivity index (χ0v) is 14.8. The summed E-state index contributed by atoms with van der Waals surface area (Å²) >= 11 is 3.37. The lowest BCUT2D eigenvalue weighted by Crippen LogP contribution is -2.06. The van der Waals surface area contributed by atoms with Gasteiger partial charge in [0.2, 0.25) is 0 Å². The van der Waals surface area contributed by atoms with E-state index in [1.807, 2.05) is 38.1 Å². The van der Waals surface area contributed by atoms with Gasteiger partial charge in [0.15, 0.2) is 11.5 Å². The molecule has 0 heterocycles. The number of hydrogen-bond acceptors (Lipinski definition) is 4. The molecule has 0 saturated heterocycles. The molecule has 4 nitrogen and oxygen atoms in total. The third-order valence-electron chi connectivity index (χ3n) is 3.06. The smallest absolute Gasteiger partial charge is 0.338 e. The number of ether oxygens (including phenoxy) is 3. The van der Waals surface area contributed by atoms with Gasteiger partial charge >= 0.3 is 5.97 Å². The first-order chi connectivity index (χ1) is 11.1. The molecule has 0 aliphatic carbocycles. The van der Waals surface area contributed by atoms with Crippen LogP contribution in [0.15, 0.2) is 46.9 Å². The number of carbonyl (C=O) groups is 1. The average Bonchev–Trinajstić information content (AvgIpc) is 2.56. The maximum Gasteiger partial charge on any atom is 0.338 e. The molecule has 0 unspecified atom stereocenters. The minimum Gasteiger partial charge on any atom is -0.490 e. The zero-order chi connectivity index (χ0) is 16.7. The molecule has 0 aromatic heterocycles. The fraction of sp³-hybridized carbons (Fsp3) is 0.278. The average molecular weight is 379 g/mol. The maximum absolute atomic E-state index is 12.2. The molecule has 2 aromatic carbocycles. The quantitative estimate of drug-likeness (QED) is 0.660. The van der Waals surface area contributed by atoms with E-state index in [-0.39, 0.29) is 6.61 Å². The number of halogens is 1. The van der Waals surface area contributed by atoms with Crippen LogP contribution in [0.2, 0.25) is 0 Å². The second-order valence-electron chi connectivity index (χ2n) is 4.73. The van der Waals surface area contributed by atoms with E-state index in [0.29, 0.717) is 30.3 Å². The molecule has 0 fully saturated rings. The van der Waals surface area contributed by atoms with Crippen molar-refractivity contribution in [3.8, 4) is 11.5 Å². The van der Waals surface area contributed by atoms with Crippen molar-refractivity contribution in [3.05, 3.63) is 58.1 Å². The lowest BCUT2D eigenvalue weighted by Gasteiger charge is -2.12. The predicted molar refractivity (Wildman–Crippen MR) is 92.0 cm³/mol. The third kappa shape index (κ3) is 4.99. The summed E-state index contributed by atoms with van der Waals surface area (Å²) in [5, 5.41) is 0. The van der Waals surface area contributed by atoms with E-state index in [2.05, 4.69) is 15.9 Å². The Hall–Kier alpha value is -2.01. The molecule has 0 bridgehead atoms. The van der Waals surface area contributed by atoms with Gasteiger partial charge in [-0.25, -0.2) is 4.79 Å². The van der Waals surface area contributed by atoms with Crippen molar-refractivity contribution in [2.45, 2.75) is 20.5 Å². The van der Waals surface area contributed by atoms with Crippen molar-refractivity contribution in [3.63, 3.8) is 0 Å². The number of benzene rings is 2. The molecule has 0 spiro atoms. The second-order valence-corrected chi connectivity index (χ2v) is 5.65. The summed E-state index contributed by atoms with van der Waals surface area (Å²) in [6.07, 6.45) is 0. The Morgan fingerprint density at radius 1 is 0.957 bits per heavy atom. The van der Waals surface area contributed by atoms with Gasteiger partial charge in [-0.2, -0.15) is 0 Å². The molecule has 0 aliphatic heterocycles. The van der Waals surface area contributed by atoms with Crippen molar-refractivity contribution < 1.29 is 19.0 Å². The van der Waals surface area contributed by atoms with Gasteiger partial charge in [-0.05, 0) is 49.7 Å². The van der Waals surface area contributed by atoms with Crippen LogP contribution >= 0.6 is 15.9 Å². The van der Waals surface area contributed by atoms with Crippen LogP contribution in [0.3, 0.4) is 0 Å². The van der Waals surface area contributed by atoms with E-state index in [4.69, 9.17) is 14.2 Å². The van der Waals surface area contributed by atoms with Crippen molar-refractivity contribution >= 4 is 21.9 Å². The first kappa shape index (κ1) is 17.3. The monoisotopic (exact) mass is 378 g/mol. The summed E-state index contributed by atoms with van der Waals surface area (Å²) in [6.45, 7) is 5.04. The number of hydrogen-bond donors (Lipinski definition) is 0. The molecule has 2 aromatic rings. The zero-order valence-electron chi connectivity index (χ0n) is 13.2. The Bertz CT molecular complexity index is 653. The van der Waals surface area contributed by atoms with Crippen LogP contribution in [-0.2, 0) is 11.3 Å². The lowest BCUT2D eigenvalue weighted by molar-refractivity contribution is 0.0472. The summed E-state index contributed by atoms with van der Waals surface area (Å²) in [4.78, 5) is 12.2. The molecule has 0 radical (unpaired) electrons. The second kappa shape index (κ2) is 8.58. The minimum atomic E-state index is -0.392. The molecular weight excluding hydrogens is 360 g/mol. The largest absolute Gasteiger partial charge is 0.490 e. The Morgan fingerprint density at radius 2 is 1.61 bits per heavy atom. The summed E-state index contributed by atoms with van der Waals surface area (Å²) in [5.41, 5.74) is 1.37. The van der Waals surface area contributed by atoms with Crippen LogP contribution < -0.4 is 9.47 Å². The molecule has 0 atom stereocenters. The van der Waals surface area contributed by atoms with Crippen LogP contribution in [-0.4, -0.2) is 19.2 Å². The van der Waals surface area contributed by atoms with E-state index in [9.17, 15) is 4.79 Å². The fourth-order valence-electron chi connectivity index (χ4n) is 1.99. The van der Waals surface area contributed by atoms with Crippen molar-refractivity contribution in [2.75, 3.05) is 13.2 Å². The van der Waals surface area contributed by atoms with Gasteiger partial charge in [0.1, 0.15) is 6.61 Å². The maximum atomic E-state index is 12.2. The van der Waals surface area contributed by atoms with E-state index in [1.165, 1.54) is 0 Å². The molecule has 2 rings (SSSR count). The van der Waals surface area contributed by atoms with Crippen molar-refractivity contribution in [1.29, 1.82) is 0 Å². The highest BCUT2D eigenvalue weighted by Crippen LogP contribution is 2.29. The number of rotatable bonds is 7. The first-order valence-electron chi connectivity index (χ1n) is 7.45. The van der Waals surface area contributed by atoms with E-state index in [1.54, 1.807) is 18.2 Å². The normalized spacial score (nSPS) is 10.2. The summed E-state index contributed by atoms with van der Waals surface area (Å²) < 4.78 is 17.3. The van der Waals surface area contributed by atoms with Crippen molar-refractivity contribution in [1.82, 2.24) is 0 Å². The van der Waals surface area contributed by atoms with E-state index < -0.39 is 5.97 Å². The summed E-state index contributed by atoms with van der Waals surface area (Å²) in [6, 6.07) is 12.7. The minimum absolute atomic E-state index is 0.225. The number of carbonyl (C=O) groups excluding carboxylic acids is 1. The van der Waals surface area contributed by atoms with Crippen LogP contribution in [0.5, 0.6) is 11.5 Å². The van der Waals surface area contributed by atoms with Crippen LogP contribution in [0, 0.1) is 0 Å². The van der Waals surface area contributed by atoms with E-state index in [0.717, 1.165) is 10.0 Å². The number of esters is 1. The van der Waals surface area contributed by atoms with E-state index >= 15 is 0 Å². The molecule has 122 valence electrons. The van der Waals surface area contributed by atoms with Crippen molar-refractivity contribution in [2.24, 2.45) is 0 Å². The van der Waals surface area contributed by atoms with Gasteiger partial charge in [0.05, 0.1) is 18.8 Å². The lowest BCUT2D eigenvalue weighted by atomic mass is 10.2. The molecule has 5 heteroatoms. The Kier molecular flexibility index (Phi) is 6.47. The topological polar surface area (TPSA) is 44.8 Å². The van der Waals surface area contributed by atoms with Crippen LogP contribution in [0.4, 0.5) is 0 Å². The molecule has 0 amide bonds. The van der Waals surface area contributed by atoms with Gasteiger partial charge < -0.3 is 14.2 Å². The molecule has 0 aliphatic rings. The van der Waals surface area contributed by atoms with Gasteiger partial charge in [-0.1, -0.05) is 28.1 Å². The third-order valence-corrected chi connectivity index (χ3v) is 3.59. The summed E-state index contributed by atoms with van der Waals surface area (Å²) in [5.74, 6) is 0.781.